The Balaban J connectivity index is 2.01. The minimum atomic E-state index is 0.370. The van der Waals surface area contributed by atoms with Crippen LogP contribution in [0.15, 0.2) is 11.6 Å². The number of hydrogen-bond acceptors (Lipinski definition) is 1. The Kier molecular flexibility index (Phi) is 2.50. The smallest absolute Gasteiger partial charge is 0.0226 e. The second-order valence-electron chi connectivity index (χ2n) is 4.28. The largest absolute Gasteiger partial charge is 0.324 e. The Morgan fingerprint density at radius 3 is 2.50 bits per heavy atom. The minimum absolute atomic E-state index is 0.370. The van der Waals surface area contributed by atoms with Gasteiger partial charge < -0.3 is 5.73 Å². The van der Waals surface area contributed by atoms with Crippen LogP contribution in [0.3, 0.4) is 0 Å². The third-order valence-electron chi connectivity index (χ3n) is 3.31. The third-order valence-corrected chi connectivity index (χ3v) is 3.31. The molecule has 2 N–H and O–H groups in total. The van der Waals surface area contributed by atoms with E-state index >= 15 is 0 Å². The number of nitrogens with two attached hydrogens (primary N) is 1. The lowest BCUT2D eigenvalue weighted by atomic mass is 9.86. The van der Waals surface area contributed by atoms with Gasteiger partial charge in [0.25, 0.3) is 0 Å². The molecule has 2 aliphatic rings. The fourth-order valence-electron chi connectivity index (χ4n) is 2.62. The lowest BCUT2D eigenvalue weighted by Gasteiger charge is -2.22. The molecular formula is C11H19N. The molecular weight excluding hydrogens is 146 g/mol. The van der Waals surface area contributed by atoms with Crippen LogP contribution in [0, 0.1) is 5.92 Å². The molecule has 1 saturated carbocycles. The topological polar surface area (TPSA) is 26.0 Å². The molecule has 1 heteroatoms. The molecule has 1 atom stereocenters. The molecule has 0 saturated heterocycles. The van der Waals surface area contributed by atoms with Gasteiger partial charge in [0.15, 0.2) is 0 Å². The van der Waals surface area contributed by atoms with Crippen LogP contribution in [0.4, 0.5) is 0 Å². The fraction of sp³-hybridized carbons (Fsp3) is 0.818. The molecule has 0 aromatic carbocycles. The van der Waals surface area contributed by atoms with Gasteiger partial charge in [-0.15, -0.1) is 0 Å². The minimum Gasteiger partial charge on any atom is -0.324 e. The van der Waals surface area contributed by atoms with Crippen molar-refractivity contribution in [3.8, 4) is 0 Å². The van der Waals surface area contributed by atoms with Crippen molar-refractivity contribution >= 4 is 0 Å². The number of allylic oxidation sites excluding steroid dienone is 1. The highest BCUT2D eigenvalue weighted by Gasteiger charge is 2.21. The van der Waals surface area contributed by atoms with Gasteiger partial charge in [-0.2, -0.15) is 0 Å². The Bertz CT molecular complexity index is 177. The van der Waals surface area contributed by atoms with E-state index in [1.165, 1.54) is 44.9 Å². The summed E-state index contributed by atoms with van der Waals surface area (Å²) in [7, 11) is 0. The molecule has 1 fully saturated rings. The van der Waals surface area contributed by atoms with Gasteiger partial charge in [-0.1, -0.05) is 24.5 Å². The molecule has 0 heterocycles. The average Bonchev–Trinajstić information content (AvgIpc) is 2.56. The maximum atomic E-state index is 5.92. The summed E-state index contributed by atoms with van der Waals surface area (Å²) in [4.78, 5) is 0. The maximum absolute atomic E-state index is 5.92. The second-order valence-corrected chi connectivity index (χ2v) is 4.28. The molecule has 0 aromatic heterocycles. The van der Waals surface area contributed by atoms with E-state index < -0.39 is 0 Å². The van der Waals surface area contributed by atoms with Gasteiger partial charge in [0, 0.05) is 6.04 Å². The first kappa shape index (κ1) is 8.31. The van der Waals surface area contributed by atoms with E-state index in [-0.39, 0.29) is 0 Å². The molecule has 0 aliphatic heterocycles. The molecule has 68 valence electrons. The highest BCUT2D eigenvalue weighted by Crippen LogP contribution is 2.35. The van der Waals surface area contributed by atoms with Gasteiger partial charge >= 0.3 is 0 Å². The lowest BCUT2D eigenvalue weighted by molar-refractivity contribution is 0.539. The second kappa shape index (κ2) is 3.61. The highest BCUT2D eigenvalue weighted by molar-refractivity contribution is 5.14. The summed E-state index contributed by atoms with van der Waals surface area (Å²) in [6, 6.07) is 0.370. The summed E-state index contributed by atoms with van der Waals surface area (Å²) in [5, 5.41) is 0. The van der Waals surface area contributed by atoms with Crippen molar-refractivity contribution in [2.24, 2.45) is 11.7 Å². The first-order valence-corrected chi connectivity index (χ1v) is 5.32. The van der Waals surface area contributed by atoms with Crippen LogP contribution < -0.4 is 5.73 Å². The molecule has 0 radical (unpaired) electrons. The molecule has 12 heavy (non-hydrogen) atoms. The quantitative estimate of drug-likeness (QED) is 0.594. The summed E-state index contributed by atoms with van der Waals surface area (Å²) in [6.45, 7) is 0. The molecule has 1 nitrogen and oxygen atoms in total. The molecule has 0 bridgehead atoms. The van der Waals surface area contributed by atoms with E-state index in [0.29, 0.717) is 6.04 Å². The van der Waals surface area contributed by atoms with Crippen molar-refractivity contribution in [3.63, 3.8) is 0 Å². The van der Waals surface area contributed by atoms with Crippen molar-refractivity contribution < 1.29 is 0 Å². The van der Waals surface area contributed by atoms with E-state index in [4.69, 9.17) is 5.73 Å². The molecule has 0 amide bonds. The molecule has 0 aromatic rings. The van der Waals surface area contributed by atoms with Crippen LogP contribution in [0.2, 0.25) is 0 Å². The third kappa shape index (κ3) is 1.71. The number of hydrogen-bond donors (Lipinski definition) is 1. The Hall–Kier alpha value is -0.300. The maximum Gasteiger partial charge on any atom is 0.0226 e. The van der Waals surface area contributed by atoms with Crippen LogP contribution >= 0.6 is 0 Å². The normalized spacial score (nSPS) is 32.1. The van der Waals surface area contributed by atoms with Crippen LogP contribution in [0.1, 0.15) is 44.9 Å². The van der Waals surface area contributed by atoms with Gasteiger partial charge in [-0.25, -0.2) is 0 Å². The zero-order chi connectivity index (χ0) is 8.39. The van der Waals surface area contributed by atoms with E-state index in [9.17, 15) is 0 Å². The Morgan fingerprint density at radius 1 is 1.08 bits per heavy atom. The fourth-order valence-corrected chi connectivity index (χ4v) is 2.62. The van der Waals surface area contributed by atoms with E-state index in [0.717, 1.165) is 5.92 Å². The van der Waals surface area contributed by atoms with Gasteiger partial charge in [0.1, 0.15) is 0 Å². The predicted molar refractivity (Wildman–Crippen MR) is 51.9 cm³/mol. The van der Waals surface area contributed by atoms with Crippen LogP contribution in [0.5, 0.6) is 0 Å². The van der Waals surface area contributed by atoms with Gasteiger partial charge in [0.05, 0.1) is 0 Å². The monoisotopic (exact) mass is 165 g/mol. The van der Waals surface area contributed by atoms with Crippen molar-refractivity contribution in [3.05, 3.63) is 11.6 Å². The predicted octanol–water partition coefficient (Wildman–Crippen LogP) is 2.61. The zero-order valence-corrected chi connectivity index (χ0v) is 7.76. The first-order chi connectivity index (χ1) is 5.86. The first-order valence-electron chi connectivity index (χ1n) is 5.32. The average molecular weight is 165 g/mol. The van der Waals surface area contributed by atoms with Crippen LogP contribution in [-0.4, -0.2) is 6.04 Å². The van der Waals surface area contributed by atoms with Crippen LogP contribution in [-0.2, 0) is 0 Å². The van der Waals surface area contributed by atoms with E-state index in [1.54, 1.807) is 5.57 Å². The highest BCUT2D eigenvalue weighted by atomic mass is 14.6. The number of rotatable bonds is 1. The summed E-state index contributed by atoms with van der Waals surface area (Å²) < 4.78 is 0. The van der Waals surface area contributed by atoms with E-state index in [2.05, 4.69) is 6.08 Å². The molecule has 2 aliphatic carbocycles. The lowest BCUT2D eigenvalue weighted by Crippen LogP contribution is -2.22. The summed E-state index contributed by atoms with van der Waals surface area (Å²) in [5.74, 6) is 0.913. The van der Waals surface area contributed by atoms with Crippen molar-refractivity contribution in [2.75, 3.05) is 0 Å². The Labute approximate surface area is 75.0 Å². The zero-order valence-electron chi connectivity index (χ0n) is 7.76. The van der Waals surface area contributed by atoms with Crippen molar-refractivity contribution in [1.82, 2.24) is 0 Å². The van der Waals surface area contributed by atoms with Crippen LogP contribution in [0.25, 0.3) is 0 Å². The summed E-state index contributed by atoms with van der Waals surface area (Å²) in [6.07, 6.45) is 11.9. The van der Waals surface area contributed by atoms with Gasteiger partial charge in [-0.3, -0.25) is 0 Å². The van der Waals surface area contributed by atoms with Crippen molar-refractivity contribution in [1.29, 1.82) is 0 Å². The van der Waals surface area contributed by atoms with Crippen molar-refractivity contribution in [2.45, 2.75) is 51.0 Å². The standard InChI is InChI=1S/C11H19N/c12-11-7-3-6-10(8-11)9-4-1-2-5-9/h8-9,11H,1-7,12H2. The molecule has 0 spiro atoms. The van der Waals surface area contributed by atoms with Gasteiger partial charge in [0.2, 0.25) is 0 Å². The molecule has 2 rings (SSSR count). The summed E-state index contributed by atoms with van der Waals surface area (Å²) >= 11 is 0. The molecule has 1 unspecified atom stereocenters. The van der Waals surface area contributed by atoms with Gasteiger partial charge in [-0.05, 0) is 38.0 Å². The SMILES string of the molecule is NC1C=C(C2CCCC2)CCC1. The summed E-state index contributed by atoms with van der Waals surface area (Å²) in [5.41, 5.74) is 7.60. The van der Waals surface area contributed by atoms with E-state index in [1.807, 2.05) is 0 Å². The Morgan fingerprint density at radius 2 is 1.83 bits per heavy atom.